The highest BCUT2D eigenvalue weighted by Crippen LogP contribution is 2.34. The summed E-state index contributed by atoms with van der Waals surface area (Å²) in [4.78, 5) is 0. The molecule has 114 valence electrons. The van der Waals surface area contributed by atoms with Crippen molar-refractivity contribution >= 4 is 10.2 Å². The van der Waals surface area contributed by atoms with Crippen molar-refractivity contribution < 1.29 is 8.42 Å². The topological polar surface area (TPSA) is 66.6 Å². The molecule has 0 spiro atoms. The molecule has 2 N–H and O–H groups in total. The Morgan fingerprint density at radius 2 is 1.63 bits per heavy atom. The maximum atomic E-state index is 12.6. The van der Waals surface area contributed by atoms with Gasteiger partial charge in [0.2, 0.25) is 0 Å². The first-order valence-corrected chi connectivity index (χ1v) is 8.71. The van der Waals surface area contributed by atoms with Crippen LogP contribution in [0.2, 0.25) is 0 Å². The first kappa shape index (κ1) is 16.9. The van der Waals surface area contributed by atoms with Crippen LogP contribution in [0.5, 0.6) is 0 Å². The van der Waals surface area contributed by atoms with Gasteiger partial charge in [-0.3, -0.25) is 0 Å². The first-order valence-electron chi connectivity index (χ1n) is 7.31. The molecule has 19 heavy (non-hydrogen) atoms. The molecule has 1 saturated carbocycles. The van der Waals surface area contributed by atoms with E-state index in [9.17, 15) is 8.42 Å². The molecule has 0 aromatic carbocycles. The summed E-state index contributed by atoms with van der Waals surface area (Å²) in [5.41, 5.74) is 5.63. The van der Waals surface area contributed by atoms with Crippen molar-refractivity contribution in [3.05, 3.63) is 0 Å². The van der Waals surface area contributed by atoms with E-state index in [1.54, 1.807) is 18.4 Å². The molecule has 1 aliphatic rings. The van der Waals surface area contributed by atoms with Crippen molar-refractivity contribution in [1.29, 1.82) is 0 Å². The fraction of sp³-hybridized carbons (Fsp3) is 1.00. The van der Waals surface area contributed by atoms with Gasteiger partial charge in [0, 0.05) is 32.7 Å². The molecule has 0 saturated heterocycles. The summed E-state index contributed by atoms with van der Waals surface area (Å²) < 4.78 is 28.2. The van der Waals surface area contributed by atoms with Gasteiger partial charge < -0.3 is 5.73 Å². The predicted octanol–water partition coefficient (Wildman–Crippen LogP) is 1.56. The highest BCUT2D eigenvalue weighted by atomic mass is 32.2. The van der Waals surface area contributed by atoms with Crippen LogP contribution in [0.3, 0.4) is 0 Å². The lowest BCUT2D eigenvalue weighted by atomic mass is 9.90. The molecule has 0 radical (unpaired) electrons. The zero-order chi connectivity index (χ0) is 14.5. The van der Waals surface area contributed by atoms with Gasteiger partial charge in [-0.1, -0.05) is 32.6 Å². The zero-order valence-corrected chi connectivity index (χ0v) is 13.4. The Kier molecular flexibility index (Phi) is 6.23. The first-order chi connectivity index (χ1) is 8.90. The van der Waals surface area contributed by atoms with E-state index >= 15 is 0 Å². The molecule has 6 heteroatoms. The molecule has 0 unspecified atom stereocenters. The van der Waals surface area contributed by atoms with Gasteiger partial charge in [-0.15, -0.1) is 0 Å². The van der Waals surface area contributed by atoms with Gasteiger partial charge >= 0.3 is 0 Å². The molecule has 1 rings (SSSR count). The van der Waals surface area contributed by atoms with Gasteiger partial charge in [0.15, 0.2) is 0 Å². The van der Waals surface area contributed by atoms with Crippen LogP contribution < -0.4 is 5.73 Å². The second-order valence-corrected chi connectivity index (χ2v) is 7.77. The SMILES string of the molecule is CCCN(C1(CN)CCCCCC1)S(=O)(=O)N(C)C. The number of hydrogen-bond acceptors (Lipinski definition) is 3. The third-order valence-electron chi connectivity index (χ3n) is 4.11. The van der Waals surface area contributed by atoms with Gasteiger partial charge in [0.25, 0.3) is 10.2 Å². The largest absolute Gasteiger partial charge is 0.329 e. The fourth-order valence-electron chi connectivity index (χ4n) is 2.94. The Balaban J connectivity index is 3.13. The summed E-state index contributed by atoms with van der Waals surface area (Å²) in [5, 5.41) is 0. The molecule has 1 fully saturated rings. The van der Waals surface area contributed by atoms with E-state index in [-0.39, 0.29) is 5.54 Å². The minimum Gasteiger partial charge on any atom is -0.329 e. The Labute approximate surface area is 118 Å². The Bertz CT molecular complexity index is 360. The van der Waals surface area contributed by atoms with E-state index in [1.165, 1.54) is 17.1 Å². The van der Waals surface area contributed by atoms with Crippen LogP contribution in [0.15, 0.2) is 0 Å². The van der Waals surface area contributed by atoms with Crippen molar-refractivity contribution in [2.75, 3.05) is 27.2 Å². The minimum absolute atomic E-state index is 0.379. The average Bonchev–Trinajstić information content (AvgIpc) is 2.61. The van der Waals surface area contributed by atoms with E-state index in [4.69, 9.17) is 5.73 Å². The minimum atomic E-state index is -3.40. The summed E-state index contributed by atoms with van der Waals surface area (Å²) in [5.74, 6) is 0. The van der Waals surface area contributed by atoms with Crippen molar-refractivity contribution in [2.24, 2.45) is 5.73 Å². The predicted molar refractivity (Wildman–Crippen MR) is 79.1 cm³/mol. The molecule has 0 heterocycles. The van der Waals surface area contributed by atoms with Gasteiger partial charge in [0.05, 0.1) is 0 Å². The lowest BCUT2D eigenvalue weighted by Crippen LogP contribution is -2.58. The lowest BCUT2D eigenvalue weighted by molar-refractivity contribution is 0.159. The van der Waals surface area contributed by atoms with Crippen molar-refractivity contribution in [3.63, 3.8) is 0 Å². The quantitative estimate of drug-likeness (QED) is 0.755. The Morgan fingerprint density at radius 1 is 1.11 bits per heavy atom. The van der Waals surface area contributed by atoms with E-state index in [2.05, 4.69) is 0 Å². The van der Waals surface area contributed by atoms with Gasteiger partial charge in [-0.25, -0.2) is 0 Å². The molecule has 0 amide bonds. The highest BCUT2D eigenvalue weighted by Gasteiger charge is 2.42. The second-order valence-electron chi connectivity index (χ2n) is 5.70. The molecule has 5 nitrogen and oxygen atoms in total. The van der Waals surface area contributed by atoms with E-state index in [1.807, 2.05) is 6.92 Å². The summed E-state index contributed by atoms with van der Waals surface area (Å²) in [6.45, 7) is 2.98. The standard InChI is InChI=1S/C13H29N3O2S/c1-4-11-16(19(17,18)15(2)3)13(12-14)9-7-5-6-8-10-13/h4-12,14H2,1-3H3. The van der Waals surface area contributed by atoms with Crippen LogP contribution in [0.1, 0.15) is 51.9 Å². The third kappa shape index (κ3) is 3.68. The van der Waals surface area contributed by atoms with Gasteiger partial charge in [-0.05, 0) is 19.3 Å². The van der Waals surface area contributed by atoms with Gasteiger partial charge in [-0.2, -0.15) is 17.0 Å². The normalized spacial score (nSPS) is 20.7. The zero-order valence-electron chi connectivity index (χ0n) is 12.6. The summed E-state index contributed by atoms with van der Waals surface area (Å²) >= 11 is 0. The maximum Gasteiger partial charge on any atom is 0.282 e. The molecule has 0 aromatic rings. The van der Waals surface area contributed by atoms with Crippen molar-refractivity contribution in [2.45, 2.75) is 57.4 Å². The third-order valence-corrected chi connectivity index (χ3v) is 6.16. The molecular formula is C13H29N3O2S. The fourth-order valence-corrected chi connectivity index (χ4v) is 4.49. The number of rotatable bonds is 6. The average molecular weight is 291 g/mol. The van der Waals surface area contributed by atoms with Crippen LogP contribution >= 0.6 is 0 Å². The summed E-state index contributed by atoms with van der Waals surface area (Å²) in [6.07, 6.45) is 7.09. The summed E-state index contributed by atoms with van der Waals surface area (Å²) in [7, 11) is -0.209. The monoisotopic (exact) mass is 291 g/mol. The van der Waals surface area contributed by atoms with E-state index in [0.29, 0.717) is 13.1 Å². The Morgan fingerprint density at radius 3 is 2.00 bits per heavy atom. The maximum absolute atomic E-state index is 12.6. The van der Waals surface area contributed by atoms with E-state index < -0.39 is 10.2 Å². The van der Waals surface area contributed by atoms with Crippen LogP contribution in [-0.2, 0) is 10.2 Å². The second kappa shape index (κ2) is 7.02. The number of hydrogen-bond donors (Lipinski definition) is 1. The van der Waals surface area contributed by atoms with Gasteiger partial charge in [0.1, 0.15) is 0 Å². The molecule has 0 aromatic heterocycles. The van der Waals surface area contributed by atoms with Crippen molar-refractivity contribution in [1.82, 2.24) is 8.61 Å². The summed E-state index contributed by atoms with van der Waals surface area (Å²) in [6, 6.07) is 0. The smallest absolute Gasteiger partial charge is 0.282 e. The number of nitrogens with zero attached hydrogens (tertiary/aromatic N) is 2. The van der Waals surface area contributed by atoms with Crippen LogP contribution in [0.25, 0.3) is 0 Å². The molecule has 0 atom stereocenters. The molecule has 1 aliphatic carbocycles. The van der Waals surface area contributed by atoms with Crippen LogP contribution in [0.4, 0.5) is 0 Å². The van der Waals surface area contributed by atoms with Crippen LogP contribution in [-0.4, -0.2) is 49.8 Å². The molecular weight excluding hydrogens is 262 g/mol. The lowest BCUT2D eigenvalue weighted by Gasteiger charge is -2.43. The highest BCUT2D eigenvalue weighted by molar-refractivity contribution is 7.86. The van der Waals surface area contributed by atoms with Crippen molar-refractivity contribution in [3.8, 4) is 0 Å². The molecule has 0 bridgehead atoms. The van der Waals surface area contributed by atoms with Crippen LogP contribution in [0, 0.1) is 0 Å². The Hall–Kier alpha value is -0.170. The molecule has 0 aliphatic heterocycles. The van der Waals surface area contributed by atoms with E-state index in [0.717, 1.165) is 32.1 Å². The number of nitrogens with two attached hydrogens (primary N) is 1.